The summed E-state index contributed by atoms with van der Waals surface area (Å²) in [7, 11) is 0. The van der Waals surface area contributed by atoms with Gasteiger partial charge in [-0.3, -0.25) is 0 Å². The smallest absolute Gasteiger partial charge is 0.0835 e. The van der Waals surface area contributed by atoms with Gasteiger partial charge in [-0.05, 0) is 19.3 Å². The molecular weight excluding hydrogens is 116 g/mol. The van der Waals surface area contributed by atoms with Crippen LogP contribution in [0.1, 0.15) is 20.3 Å². The third-order valence-electron chi connectivity index (χ3n) is 1.93. The summed E-state index contributed by atoms with van der Waals surface area (Å²) < 4.78 is 5.37. The Morgan fingerprint density at radius 1 is 1.56 bits per heavy atom. The summed E-state index contributed by atoms with van der Waals surface area (Å²) in [6, 6.07) is 0. The first-order valence-corrected chi connectivity index (χ1v) is 3.50. The topological polar surface area (TPSA) is 29.5 Å². The van der Waals surface area contributed by atoms with Crippen molar-refractivity contribution < 1.29 is 9.84 Å². The average Bonchev–Trinajstić information content (AvgIpc) is 2.10. The van der Waals surface area contributed by atoms with Gasteiger partial charge in [0.1, 0.15) is 0 Å². The van der Waals surface area contributed by atoms with Crippen molar-refractivity contribution in [3.63, 3.8) is 0 Å². The van der Waals surface area contributed by atoms with Crippen molar-refractivity contribution in [3.05, 3.63) is 0 Å². The van der Waals surface area contributed by atoms with Gasteiger partial charge in [0.25, 0.3) is 0 Å². The molecule has 0 bridgehead atoms. The van der Waals surface area contributed by atoms with Crippen molar-refractivity contribution in [2.75, 3.05) is 6.61 Å². The highest BCUT2D eigenvalue weighted by molar-refractivity contribution is 4.76. The number of hydrogen-bond acceptors (Lipinski definition) is 2. The minimum atomic E-state index is 0.0972. The summed E-state index contributed by atoms with van der Waals surface area (Å²) in [4.78, 5) is 0. The summed E-state index contributed by atoms with van der Waals surface area (Å²) in [5.41, 5.74) is 0. The second kappa shape index (κ2) is 2.67. The summed E-state index contributed by atoms with van der Waals surface area (Å²) in [6.07, 6.45) is 1.53. The standard InChI is InChI=1S/C7H14O2/c1-5-3-6(2)9-7(5)4-8/h5-8H,3-4H2,1-2H3/t5-,6+,7-/m1/s1. The largest absolute Gasteiger partial charge is 0.394 e. The maximum absolute atomic E-state index is 8.73. The molecule has 0 saturated carbocycles. The fourth-order valence-electron chi connectivity index (χ4n) is 1.39. The SMILES string of the molecule is C[C@@H]1C[C@H](C)O[C@@H]1CO. The third-order valence-corrected chi connectivity index (χ3v) is 1.93. The lowest BCUT2D eigenvalue weighted by Gasteiger charge is -2.09. The van der Waals surface area contributed by atoms with Gasteiger partial charge in [-0.2, -0.15) is 0 Å². The lowest BCUT2D eigenvalue weighted by atomic mass is 10.0. The molecule has 2 nitrogen and oxygen atoms in total. The highest BCUT2D eigenvalue weighted by atomic mass is 16.5. The minimum Gasteiger partial charge on any atom is -0.394 e. The van der Waals surface area contributed by atoms with E-state index in [1.807, 2.05) is 6.92 Å². The molecule has 1 saturated heterocycles. The molecule has 2 heteroatoms. The molecule has 1 aliphatic heterocycles. The molecule has 1 N–H and O–H groups in total. The van der Waals surface area contributed by atoms with Crippen LogP contribution in [0.3, 0.4) is 0 Å². The zero-order chi connectivity index (χ0) is 6.85. The van der Waals surface area contributed by atoms with E-state index in [4.69, 9.17) is 9.84 Å². The Balaban J connectivity index is 2.38. The molecule has 3 atom stereocenters. The first-order valence-electron chi connectivity index (χ1n) is 3.50. The Bertz CT molecular complexity index is 92.9. The minimum absolute atomic E-state index is 0.0972. The predicted octanol–water partition coefficient (Wildman–Crippen LogP) is 0.792. The van der Waals surface area contributed by atoms with Crippen LogP contribution in [0.25, 0.3) is 0 Å². The molecule has 0 aliphatic carbocycles. The lowest BCUT2D eigenvalue weighted by molar-refractivity contribution is 0.00884. The second-order valence-corrected chi connectivity index (χ2v) is 2.88. The molecule has 0 aromatic carbocycles. The van der Waals surface area contributed by atoms with Crippen LogP contribution in [0.2, 0.25) is 0 Å². The van der Waals surface area contributed by atoms with E-state index in [1.165, 1.54) is 0 Å². The molecule has 0 amide bonds. The van der Waals surface area contributed by atoms with Crippen LogP contribution >= 0.6 is 0 Å². The molecule has 1 rings (SSSR count). The van der Waals surface area contributed by atoms with Gasteiger partial charge in [0.05, 0.1) is 18.8 Å². The Morgan fingerprint density at radius 3 is 2.44 bits per heavy atom. The van der Waals surface area contributed by atoms with E-state index in [-0.39, 0.29) is 12.7 Å². The van der Waals surface area contributed by atoms with Crippen molar-refractivity contribution in [1.82, 2.24) is 0 Å². The average molecular weight is 130 g/mol. The first-order chi connectivity index (χ1) is 4.24. The normalized spacial score (nSPS) is 43.7. The Labute approximate surface area is 55.8 Å². The first kappa shape index (κ1) is 7.03. The van der Waals surface area contributed by atoms with Gasteiger partial charge >= 0.3 is 0 Å². The van der Waals surface area contributed by atoms with Gasteiger partial charge in [-0.1, -0.05) is 6.92 Å². The highest BCUT2D eigenvalue weighted by Gasteiger charge is 2.28. The molecule has 0 aromatic rings. The monoisotopic (exact) mass is 130 g/mol. The summed E-state index contributed by atoms with van der Waals surface area (Å²) in [5.74, 6) is 0.532. The Kier molecular flexibility index (Phi) is 2.09. The fraction of sp³-hybridized carbons (Fsp3) is 1.00. The molecule has 54 valence electrons. The molecule has 1 fully saturated rings. The van der Waals surface area contributed by atoms with E-state index in [0.29, 0.717) is 12.0 Å². The van der Waals surface area contributed by atoms with Crippen LogP contribution < -0.4 is 0 Å². The zero-order valence-corrected chi connectivity index (χ0v) is 6.00. The zero-order valence-electron chi connectivity index (χ0n) is 6.00. The van der Waals surface area contributed by atoms with E-state index in [0.717, 1.165) is 6.42 Å². The molecular formula is C7H14O2. The van der Waals surface area contributed by atoms with Gasteiger partial charge in [0.15, 0.2) is 0 Å². The van der Waals surface area contributed by atoms with Crippen molar-refractivity contribution in [2.45, 2.75) is 32.5 Å². The number of ether oxygens (including phenoxy) is 1. The maximum Gasteiger partial charge on any atom is 0.0835 e. The van der Waals surface area contributed by atoms with E-state index < -0.39 is 0 Å². The van der Waals surface area contributed by atoms with Crippen LogP contribution in [0.15, 0.2) is 0 Å². The van der Waals surface area contributed by atoms with Gasteiger partial charge in [-0.25, -0.2) is 0 Å². The van der Waals surface area contributed by atoms with E-state index in [2.05, 4.69) is 6.92 Å². The molecule has 1 aliphatic rings. The molecule has 0 aromatic heterocycles. The van der Waals surface area contributed by atoms with Gasteiger partial charge in [0, 0.05) is 0 Å². The molecule has 0 spiro atoms. The fourth-order valence-corrected chi connectivity index (χ4v) is 1.39. The van der Waals surface area contributed by atoms with Crippen molar-refractivity contribution >= 4 is 0 Å². The summed E-state index contributed by atoms with van der Waals surface area (Å²) in [6.45, 7) is 4.34. The van der Waals surface area contributed by atoms with E-state index >= 15 is 0 Å². The second-order valence-electron chi connectivity index (χ2n) is 2.88. The third kappa shape index (κ3) is 1.43. The number of hydrogen-bond donors (Lipinski definition) is 1. The lowest BCUT2D eigenvalue weighted by Crippen LogP contribution is -2.18. The van der Waals surface area contributed by atoms with E-state index in [9.17, 15) is 0 Å². The van der Waals surface area contributed by atoms with Crippen molar-refractivity contribution in [1.29, 1.82) is 0 Å². The quantitative estimate of drug-likeness (QED) is 0.568. The molecule has 0 unspecified atom stereocenters. The van der Waals surface area contributed by atoms with Gasteiger partial charge in [-0.15, -0.1) is 0 Å². The Hall–Kier alpha value is -0.0800. The maximum atomic E-state index is 8.73. The van der Waals surface area contributed by atoms with Crippen molar-refractivity contribution in [2.24, 2.45) is 5.92 Å². The van der Waals surface area contributed by atoms with Crippen LogP contribution in [-0.2, 0) is 4.74 Å². The molecule has 9 heavy (non-hydrogen) atoms. The van der Waals surface area contributed by atoms with E-state index in [1.54, 1.807) is 0 Å². The molecule has 1 heterocycles. The highest BCUT2D eigenvalue weighted by Crippen LogP contribution is 2.24. The Morgan fingerprint density at radius 2 is 2.22 bits per heavy atom. The van der Waals surface area contributed by atoms with Gasteiger partial charge in [0.2, 0.25) is 0 Å². The summed E-state index contributed by atoms with van der Waals surface area (Å²) in [5, 5.41) is 8.73. The number of aliphatic hydroxyl groups is 1. The number of rotatable bonds is 1. The number of aliphatic hydroxyl groups excluding tert-OH is 1. The van der Waals surface area contributed by atoms with Crippen LogP contribution in [-0.4, -0.2) is 23.9 Å². The summed E-state index contributed by atoms with van der Waals surface area (Å²) >= 11 is 0. The van der Waals surface area contributed by atoms with Gasteiger partial charge < -0.3 is 9.84 Å². The predicted molar refractivity (Wildman–Crippen MR) is 35.2 cm³/mol. The van der Waals surface area contributed by atoms with Crippen LogP contribution in [0.4, 0.5) is 0 Å². The van der Waals surface area contributed by atoms with Crippen LogP contribution in [0.5, 0.6) is 0 Å². The van der Waals surface area contributed by atoms with Crippen molar-refractivity contribution in [3.8, 4) is 0 Å². The molecule has 0 radical (unpaired) electrons. The van der Waals surface area contributed by atoms with Crippen LogP contribution in [0, 0.1) is 5.92 Å².